The van der Waals surface area contributed by atoms with Gasteiger partial charge < -0.3 is 10.3 Å². The Kier molecular flexibility index (Phi) is 3.32. The van der Waals surface area contributed by atoms with Crippen LogP contribution in [0.2, 0.25) is 5.28 Å². The average molecular weight is 287 g/mol. The molecule has 1 aromatic carbocycles. The first-order chi connectivity index (χ1) is 9.60. The van der Waals surface area contributed by atoms with E-state index in [0.717, 1.165) is 17.0 Å². The Labute approximate surface area is 122 Å². The Morgan fingerprint density at radius 3 is 2.80 bits per heavy atom. The maximum absolute atomic E-state index is 5.85. The highest BCUT2D eigenvalue weighted by molar-refractivity contribution is 6.28. The second-order valence-electron chi connectivity index (χ2n) is 4.89. The van der Waals surface area contributed by atoms with Crippen LogP contribution >= 0.6 is 11.6 Å². The van der Waals surface area contributed by atoms with Crippen LogP contribution in [0.3, 0.4) is 0 Å². The molecule has 5 heteroatoms. The van der Waals surface area contributed by atoms with Crippen molar-refractivity contribution >= 4 is 28.3 Å². The van der Waals surface area contributed by atoms with Gasteiger partial charge in [-0.3, -0.25) is 0 Å². The van der Waals surface area contributed by atoms with E-state index in [1.807, 2.05) is 13.0 Å². The third kappa shape index (κ3) is 2.75. The van der Waals surface area contributed by atoms with Crippen molar-refractivity contribution in [1.29, 1.82) is 0 Å². The summed E-state index contributed by atoms with van der Waals surface area (Å²) in [7, 11) is 0. The van der Waals surface area contributed by atoms with Gasteiger partial charge in [0.15, 0.2) is 0 Å². The minimum Gasteiger partial charge on any atom is -0.366 e. The highest BCUT2D eigenvalue weighted by Crippen LogP contribution is 2.18. The van der Waals surface area contributed by atoms with Gasteiger partial charge in [0.05, 0.1) is 0 Å². The van der Waals surface area contributed by atoms with E-state index in [-0.39, 0.29) is 5.28 Å². The molecule has 0 aliphatic carbocycles. The maximum Gasteiger partial charge on any atom is 0.224 e. The Balaban J connectivity index is 1.79. The molecule has 0 saturated heterocycles. The summed E-state index contributed by atoms with van der Waals surface area (Å²) in [6.45, 7) is 4.66. The molecule has 102 valence electrons. The lowest BCUT2D eigenvalue weighted by molar-refractivity contribution is 1.06. The molecule has 0 aliphatic heterocycles. The summed E-state index contributed by atoms with van der Waals surface area (Å²) in [5.41, 5.74) is 4.38. The number of fused-ring (bicyclic) bond motifs is 1. The molecule has 4 nitrogen and oxygen atoms in total. The van der Waals surface area contributed by atoms with Crippen molar-refractivity contribution in [1.82, 2.24) is 15.0 Å². The maximum atomic E-state index is 5.85. The SMILES string of the molecule is Cc1cc(NCc2ccc3[nH]c(C)cc3c2)nc(Cl)n1. The van der Waals surface area contributed by atoms with E-state index in [9.17, 15) is 0 Å². The average Bonchev–Trinajstić information content (AvgIpc) is 2.74. The van der Waals surface area contributed by atoms with Crippen molar-refractivity contribution in [2.24, 2.45) is 0 Å². The number of benzene rings is 1. The Morgan fingerprint density at radius 1 is 1.15 bits per heavy atom. The molecule has 0 atom stereocenters. The van der Waals surface area contributed by atoms with E-state index >= 15 is 0 Å². The number of aromatic nitrogens is 3. The quantitative estimate of drug-likeness (QED) is 0.719. The van der Waals surface area contributed by atoms with Gasteiger partial charge in [-0.25, -0.2) is 9.97 Å². The lowest BCUT2D eigenvalue weighted by Gasteiger charge is -2.07. The summed E-state index contributed by atoms with van der Waals surface area (Å²) in [5.74, 6) is 0.743. The van der Waals surface area contributed by atoms with Crippen LogP contribution in [-0.4, -0.2) is 15.0 Å². The fourth-order valence-corrected chi connectivity index (χ4v) is 2.48. The number of aryl methyl sites for hydroxylation is 2. The summed E-state index contributed by atoms with van der Waals surface area (Å²) in [6.07, 6.45) is 0. The summed E-state index contributed by atoms with van der Waals surface area (Å²) >= 11 is 5.85. The van der Waals surface area contributed by atoms with Gasteiger partial charge in [0, 0.05) is 29.5 Å². The normalized spacial score (nSPS) is 10.9. The standard InChI is InChI=1S/C15H15ClN4/c1-9-5-12-7-11(3-4-13(12)18-9)8-17-14-6-10(2)19-15(16)20-14/h3-7,18H,8H2,1-2H3,(H,17,19,20). The second-order valence-corrected chi connectivity index (χ2v) is 5.23. The first-order valence-corrected chi connectivity index (χ1v) is 6.81. The van der Waals surface area contributed by atoms with Gasteiger partial charge in [-0.15, -0.1) is 0 Å². The van der Waals surface area contributed by atoms with E-state index in [4.69, 9.17) is 11.6 Å². The summed E-state index contributed by atoms with van der Waals surface area (Å²) in [6, 6.07) is 10.4. The molecule has 0 unspecified atom stereocenters. The fraction of sp³-hybridized carbons (Fsp3) is 0.200. The van der Waals surface area contributed by atoms with Crippen LogP contribution in [0.1, 0.15) is 17.0 Å². The molecule has 0 fully saturated rings. The number of nitrogens with one attached hydrogen (secondary N) is 2. The highest BCUT2D eigenvalue weighted by Gasteiger charge is 2.02. The molecule has 3 aromatic rings. The summed E-state index contributed by atoms with van der Waals surface area (Å²) in [4.78, 5) is 11.5. The Morgan fingerprint density at radius 2 is 2.00 bits per heavy atom. The van der Waals surface area contributed by atoms with Crippen molar-refractivity contribution in [3.8, 4) is 0 Å². The van der Waals surface area contributed by atoms with Crippen molar-refractivity contribution in [2.75, 3.05) is 5.32 Å². The zero-order valence-corrected chi connectivity index (χ0v) is 12.1. The topological polar surface area (TPSA) is 53.6 Å². The minimum atomic E-state index is 0.268. The van der Waals surface area contributed by atoms with Gasteiger partial charge >= 0.3 is 0 Å². The van der Waals surface area contributed by atoms with E-state index in [1.165, 1.54) is 16.6 Å². The van der Waals surface area contributed by atoms with Crippen LogP contribution in [0.5, 0.6) is 0 Å². The molecule has 0 amide bonds. The Bertz CT molecular complexity index is 743. The van der Waals surface area contributed by atoms with Crippen LogP contribution in [-0.2, 0) is 6.54 Å². The first kappa shape index (κ1) is 12.9. The molecule has 0 radical (unpaired) electrons. The zero-order chi connectivity index (χ0) is 14.1. The lowest BCUT2D eigenvalue weighted by Crippen LogP contribution is -2.02. The van der Waals surface area contributed by atoms with Crippen molar-refractivity contribution in [2.45, 2.75) is 20.4 Å². The molecule has 20 heavy (non-hydrogen) atoms. The third-order valence-corrected chi connectivity index (χ3v) is 3.29. The van der Waals surface area contributed by atoms with Gasteiger partial charge in [-0.1, -0.05) is 6.07 Å². The van der Waals surface area contributed by atoms with Crippen molar-refractivity contribution in [3.05, 3.63) is 52.6 Å². The minimum absolute atomic E-state index is 0.268. The van der Waals surface area contributed by atoms with Gasteiger partial charge in [-0.05, 0) is 54.6 Å². The van der Waals surface area contributed by atoms with Gasteiger partial charge in [0.25, 0.3) is 0 Å². The lowest BCUT2D eigenvalue weighted by atomic mass is 10.1. The molecule has 0 spiro atoms. The number of nitrogens with zero attached hydrogens (tertiary/aromatic N) is 2. The van der Waals surface area contributed by atoms with Gasteiger partial charge in [0.1, 0.15) is 5.82 Å². The predicted octanol–water partition coefficient (Wildman–Crippen LogP) is 3.84. The van der Waals surface area contributed by atoms with Gasteiger partial charge in [0.2, 0.25) is 5.28 Å². The van der Waals surface area contributed by atoms with Crippen LogP contribution in [0.4, 0.5) is 5.82 Å². The first-order valence-electron chi connectivity index (χ1n) is 6.43. The van der Waals surface area contributed by atoms with Crippen LogP contribution in [0.25, 0.3) is 10.9 Å². The summed E-state index contributed by atoms with van der Waals surface area (Å²) in [5, 5.41) is 4.76. The third-order valence-electron chi connectivity index (χ3n) is 3.12. The summed E-state index contributed by atoms with van der Waals surface area (Å²) < 4.78 is 0. The Hall–Kier alpha value is -2.07. The largest absolute Gasteiger partial charge is 0.366 e. The van der Waals surface area contributed by atoms with Gasteiger partial charge in [-0.2, -0.15) is 0 Å². The number of H-pyrrole nitrogens is 1. The van der Waals surface area contributed by atoms with Crippen LogP contribution in [0, 0.1) is 13.8 Å². The van der Waals surface area contributed by atoms with E-state index in [1.54, 1.807) is 0 Å². The zero-order valence-electron chi connectivity index (χ0n) is 11.4. The molecule has 2 heterocycles. The predicted molar refractivity (Wildman–Crippen MR) is 82.1 cm³/mol. The number of anilines is 1. The molecular weight excluding hydrogens is 272 g/mol. The number of hydrogen-bond donors (Lipinski definition) is 2. The monoisotopic (exact) mass is 286 g/mol. The van der Waals surface area contributed by atoms with Crippen molar-refractivity contribution < 1.29 is 0 Å². The second kappa shape index (κ2) is 5.13. The molecule has 0 aliphatic rings. The van der Waals surface area contributed by atoms with Crippen molar-refractivity contribution in [3.63, 3.8) is 0 Å². The molecule has 0 saturated carbocycles. The van der Waals surface area contributed by atoms with Crippen LogP contribution in [0.15, 0.2) is 30.3 Å². The molecular formula is C15H15ClN4. The highest BCUT2D eigenvalue weighted by atomic mass is 35.5. The number of halogens is 1. The fourth-order valence-electron chi connectivity index (χ4n) is 2.25. The number of hydrogen-bond acceptors (Lipinski definition) is 3. The number of rotatable bonds is 3. The van der Waals surface area contributed by atoms with E-state index in [0.29, 0.717) is 6.54 Å². The molecule has 2 aromatic heterocycles. The number of aromatic amines is 1. The smallest absolute Gasteiger partial charge is 0.224 e. The van der Waals surface area contributed by atoms with E-state index in [2.05, 4.69) is 51.5 Å². The van der Waals surface area contributed by atoms with E-state index < -0.39 is 0 Å². The molecule has 2 N–H and O–H groups in total. The molecule has 0 bridgehead atoms. The van der Waals surface area contributed by atoms with Crippen LogP contribution < -0.4 is 5.32 Å². The molecule has 3 rings (SSSR count).